The number of rotatable bonds is 11. The van der Waals surface area contributed by atoms with Gasteiger partial charge in [0.25, 0.3) is 0 Å². The van der Waals surface area contributed by atoms with Crippen LogP contribution < -0.4 is 4.74 Å². The maximum Gasteiger partial charge on any atom is 0.374 e. The molecule has 0 amide bonds. The van der Waals surface area contributed by atoms with E-state index in [1.54, 1.807) is 24.3 Å². The second-order valence-electron chi connectivity index (χ2n) is 9.06. The normalized spacial score (nSPS) is 10.1. The maximum absolute atomic E-state index is 12.0. The van der Waals surface area contributed by atoms with Crippen LogP contribution in [0.15, 0.2) is 108 Å². The van der Waals surface area contributed by atoms with Crippen molar-refractivity contribution in [1.29, 1.82) is 0 Å². The van der Waals surface area contributed by atoms with Crippen LogP contribution in [0, 0.1) is 0 Å². The Morgan fingerprint density at radius 3 is 1.88 bits per heavy atom. The Bertz CT molecular complexity index is 1710. The van der Waals surface area contributed by atoms with Gasteiger partial charge < -0.3 is 18.6 Å². The number of aldehydes is 3. The molecule has 0 spiro atoms. The Kier molecular flexibility index (Phi) is 10.7. The molecule has 0 aliphatic heterocycles. The Labute approximate surface area is 246 Å². The van der Waals surface area contributed by atoms with Gasteiger partial charge in [0.1, 0.15) is 37.1 Å². The Morgan fingerprint density at radius 2 is 1.26 bits per heavy atom. The summed E-state index contributed by atoms with van der Waals surface area (Å²) in [5.74, 6) is -0.705. The van der Waals surface area contributed by atoms with Gasteiger partial charge in [-0.25, -0.2) is 9.59 Å². The van der Waals surface area contributed by atoms with E-state index in [1.807, 2.05) is 60.7 Å². The van der Waals surface area contributed by atoms with E-state index in [2.05, 4.69) is 0 Å². The summed E-state index contributed by atoms with van der Waals surface area (Å²) in [6, 6.07) is 29.6. The molecular formula is C34H26O9. The monoisotopic (exact) mass is 578 g/mol. The van der Waals surface area contributed by atoms with Crippen LogP contribution >= 0.6 is 0 Å². The average molecular weight is 579 g/mol. The fourth-order valence-corrected chi connectivity index (χ4v) is 3.81. The number of ether oxygens (including phenoxy) is 3. The third kappa shape index (κ3) is 8.83. The molecule has 1 heterocycles. The van der Waals surface area contributed by atoms with Crippen molar-refractivity contribution in [1.82, 2.24) is 0 Å². The van der Waals surface area contributed by atoms with Gasteiger partial charge in [0.05, 0.1) is 5.56 Å². The first kappa shape index (κ1) is 30.1. The van der Waals surface area contributed by atoms with Crippen molar-refractivity contribution in [3.8, 4) is 5.75 Å². The fourth-order valence-electron chi connectivity index (χ4n) is 3.81. The first-order valence-electron chi connectivity index (χ1n) is 13.1. The van der Waals surface area contributed by atoms with Crippen LogP contribution in [0.3, 0.4) is 0 Å². The van der Waals surface area contributed by atoms with E-state index in [9.17, 15) is 24.0 Å². The summed E-state index contributed by atoms with van der Waals surface area (Å²) in [6.45, 7) is 0.0397. The molecule has 0 fully saturated rings. The van der Waals surface area contributed by atoms with Crippen LogP contribution in [0.5, 0.6) is 5.75 Å². The van der Waals surface area contributed by atoms with Gasteiger partial charge in [-0.2, -0.15) is 0 Å². The van der Waals surface area contributed by atoms with Crippen LogP contribution in [0.2, 0.25) is 0 Å². The predicted molar refractivity (Wildman–Crippen MR) is 156 cm³/mol. The number of carbonyl (C=O) groups is 5. The Morgan fingerprint density at radius 1 is 0.651 bits per heavy atom. The highest BCUT2D eigenvalue weighted by molar-refractivity contribution is 5.94. The lowest BCUT2D eigenvalue weighted by molar-refractivity contribution is -0.147. The highest BCUT2D eigenvalue weighted by Crippen LogP contribution is 2.21. The van der Waals surface area contributed by atoms with Crippen molar-refractivity contribution in [3.05, 3.63) is 137 Å². The standard InChI is InChI=1S/C17H14O5.C17H12O4/c18-9-14-6-7-16(15(8-14)10-19)21-12-17(20)22-11-13-4-2-1-3-5-13;18-10-13-6-7-15-14(8-13)9-16(21-15)17(19)20-11-12-4-2-1-3-5-12/h1-10H,11-12H2;1-10H,11H2. The lowest BCUT2D eigenvalue weighted by atomic mass is 10.1. The van der Waals surface area contributed by atoms with E-state index in [-0.39, 0.29) is 36.9 Å². The van der Waals surface area contributed by atoms with Crippen LogP contribution in [0.1, 0.15) is 52.8 Å². The molecule has 0 bridgehead atoms. The second-order valence-corrected chi connectivity index (χ2v) is 9.06. The minimum atomic E-state index is -0.542. The summed E-state index contributed by atoms with van der Waals surface area (Å²) in [5, 5.41) is 0.700. The van der Waals surface area contributed by atoms with Crippen molar-refractivity contribution in [2.24, 2.45) is 0 Å². The molecule has 0 N–H and O–H groups in total. The Hall–Kier alpha value is -5.83. The summed E-state index contributed by atoms with van der Waals surface area (Å²) in [7, 11) is 0. The van der Waals surface area contributed by atoms with Gasteiger partial charge in [0.2, 0.25) is 5.76 Å². The lowest BCUT2D eigenvalue weighted by Crippen LogP contribution is -2.15. The number of benzene rings is 4. The first-order chi connectivity index (χ1) is 21.0. The van der Waals surface area contributed by atoms with Gasteiger partial charge in [-0.1, -0.05) is 60.7 Å². The molecule has 0 radical (unpaired) electrons. The first-order valence-corrected chi connectivity index (χ1v) is 13.1. The summed E-state index contributed by atoms with van der Waals surface area (Å²) in [6.07, 6.45) is 1.95. The molecule has 216 valence electrons. The smallest absolute Gasteiger partial charge is 0.374 e. The molecule has 0 aliphatic rings. The van der Waals surface area contributed by atoms with E-state index in [0.717, 1.165) is 17.4 Å². The largest absolute Gasteiger partial charge is 0.481 e. The second kappa shape index (κ2) is 15.2. The molecule has 5 aromatic rings. The number of hydrogen-bond acceptors (Lipinski definition) is 9. The Balaban J connectivity index is 0.000000197. The molecule has 0 saturated heterocycles. The van der Waals surface area contributed by atoms with Gasteiger partial charge in [-0.3, -0.25) is 14.4 Å². The maximum atomic E-state index is 12.0. The van der Waals surface area contributed by atoms with Crippen LogP contribution in [0.4, 0.5) is 0 Å². The molecule has 0 unspecified atom stereocenters. The van der Waals surface area contributed by atoms with Crippen LogP contribution in [-0.2, 0) is 27.5 Å². The predicted octanol–water partition coefficient (Wildman–Crippen LogP) is 6.04. The summed E-state index contributed by atoms with van der Waals surface area (Å²) in [5.41, 5.74) is 3.44. The van der Waals surface area contributed by atoms with Gasteiger partial charge in [0, 0.05) is 16.5 Å². The zero-order valence-corrected chi connectivity index (χ0v) is 22.8. The molecule has 9 nitrogen and oxygen atoms in total. The van der Waals surface area contributed by atoms with Crippen LogP contribution in [-0.4, -0.2) is 37.4 Å². The van der Waals surface area contributed by atoms with E-state index < -0.39 is 11.9 Å². The van der Waals surface area contributed by atoms with Gasteiger partial charge in [-0.15, -0.1) is 0 Å². The number of hydrogen-bond donors (Lipinski definition) is 0. The minimum absolute atomic E-state index is 0.129. The molecule has 0 aliphatic carbocycles. The molecular weight excluding hydrogens is 552 g/mol. The average Bonchev–Trinajstić information content (AvgIpc) is 3.50. The molecule has 5 rings (SSSR count). The molecule has 0 saturated carbocycles. The minimum Gasteiger partial charge on any atom is -0.481 e. The number of fused-ring (bicyclic) bond motifs is 1. The topological polar surface area (TPSA) is 126 Å². The molecule has 0 atom stereocenters. The summed E-state index contributed by atoms with van der Waals surface area (Å²) < 4.78 is 20.9. The molecule has 4 aromatic carbocycles. The van der Waals surface area contributed by atoms with Crippen molar-refractivity contribution >= 4 is 41.8 Å². The van der Waals surface area contributed by atoms with Crippen molar-refractivity contribution < 1.29 is 42.6 Å². The van der Waals surface area contributed by atoms with Crippen LogP contribution in [0.25, 0.3) is 11.0 Å². The zero-order chi connectivity index (χ0) is 30.4. The van der Waals surface area contributed by atoms with E-state index in [4.69, 9.17) is 18.6 Å². The van der Waals surface area contributed by atoms with E-state index in [1.165, 1.54) is 18.2 Å². The third-order valence-electron chi connectivity index (χ3n) is 5.98. The van der Waals surface area contributed by atoms with Gasteiger partial charge in [0.15, 0.2) is 12.9 Å². The fraction of sp³-hybridized carbons (Fsp3) is 0.0882. The molecule has 9 heteroatoms. The summed E-state index contributed by atoms with van der Waals surface area (Å²) in [4.78, 5) is 55.9. The molecule has 1 aromatic heterocycles. The lowest BCUT2D eigenvalue weighted by Gasteiger charge is -2.09. The van der Waals surface area contributed by atoms with Gasteiger partial charge in [-0.05, 0) is 53.6 Å². The highest BCUT2D eigenvalue weighted by atomic mass is 16.6. The molecule has 43 heavy (non-hydrogen) atoms. The summed E-state index contributed by atoms with van der Waals surface area (Å²) >= 11 is 0. The quantitative estimate of drug-likeness (QED) is 0.136. The van der Waals surface area contributed by atoms with E-state index >= 15 is 0 Å². The van der Waals surface area contributed by atoms with Crippen molar-refractivity contribution in [2.75, 3.05) is 6.61 Å². The van der Waals surface area contributed by atoms with Crippen molar-refractivity contribution in [2.45, 2.75) is 13.2 Å². The van der Waals surface area contributed by atoms with Crippen molar-refractivity contribution in [3.63, 3.8) is 0 Å². The van der Waals surface area contributed by atoms with Gasteiger partial charge >= 0.3 is 11.9 Å². The third-order valence-corrected chi connectivity index (χ3v) is 5.98. The number of carbonyl (C=O) groups excluding carboxylic acids is 5. The van der Waals surface area contributed by atoms with E-state index in [0.29, 0.717) is 34.7 Å². The number of furan rings is 1. The zero-order valence-electron chi connectivity index (χ0n) is 22.8. The highest BCUT2D eigenvalue weighted by Gasteiger charge is 2.14. The SMILES string of the molecule is O=Cc1ccc(OCC(=O)OCc2ccccc2)c(C=O)c1.O=Cc1ccc2oc(C(=O)OCc3ccccc3)cc2c1. The number of esters is 2.